The van der Waals surface area contributed by atoms with Gasteiger partial charge in [-0.3, -0.25) is 4.79 Å². The van der Waals surface area contributed by atoms with Crippen LogP contribution < -0.4 is 0 Å². The average Bonchev–Trinajstić information content (AvgIpc) is 2.04. The Balaban J connectivity index is 2.78. The zero-order valence-electron chi connectivity index (χ0n) is 7.56. The quantitative estimate of drug-likeness (QED) is 0.616. The second-order valence-electron chi connectivity index (χ2n) is 3.29. The number of likely N-dealkylation sites (N-methyl/N-ethyl adjacent to an activating group) is 1. The molecular formula is C9H14ClNO. The van der Waals surface area contributed by atoms with E-state index in [1.165, 1.54) is 0 Å². The lowest BCUT2D eigenvalue weighted by Crippen LogP contribution is -2.25. The zero-order valence-corrected chi connectivity index (χ0v) is 8.32. The molecule has 1 aliphatic rings. The summed E-state index contributed by atoms with van der Waals surface area (Å²) in [6.07, 6.45) is 3.92. The predicted molar refractivity (Wildman–Crippen MR) is 50.0 cm³/mol. The Bertz CT molecular complexity index is 221. The lowest BCUT2D eigenvalue weighted by atomic mass is 9.98. The highest BCUT2D eigenvalue weighted by Gasteiger charge is 2.18. The van der Waals surface area contributed by atoms with Crippen molar-refractivity contribution in [1.29, 1.82) is 0 Å². The number of rotatable bonds is 1. The molecule has 0 aromatic carbocycles. The van der Waals surface area contributed by atoms with Crippen LogP contribution in [0, 0.1) is 0 Å². The summed E-state index contributed by atoms with van der Waals surface area (Å²) in [5.41, 5.74) is 0.813. The second-order valence-corrected chi connectivity index (χ2v) is 3.75. The molecule has 1 aliphatic carbocycles. The maximum Gasteiger partial charge on any atom is 0.250 e. The number of nitrogens with zero attached hydrogens (tertiary/aromatic N) is 1. The largest absolute Gasteiger partial charge is 0.345 e. The lowest BCUT2D eigenvalue weighted by molar-refractivity contribution is -0.125. The first-order valence-corrected chi connectivity index (χ1v) is 4.60. The van der Waals surface area contributed by atoms with Crippen LogP contribution in [-0.2, 0) is 4.79 Å². The summed E-state index contributed by atoms with van der Waals surface area (Å²) < 4.78 is 0. The van der Waals surface area contributed by atoms with Crippen molar-refractivity contribution in [3.05, 3.63) is 10.6 Å². The summed E-state index contributed by atoms with van der Waals surface area (Å²) in [5.74, 6) is 0.0692. The number of carbonyl (C=O) groups is 1. The van der Waals surface area contributed by atoms with Crippen LogP contribution in [0.2, 0.25) is 0 Å². The normalized spacial score (nSPS) is 17.9. The fraction of sp³-hybridized carbons (Fsp3) is 0.667. The molecule has 0 unspecified atom stereocenters. The Morgan fingerprint density at radius 3 is 2.42 bits per heavy atom. The van der Waals surface area contributed by atoms with Crippen LogP contribution in [0.15, 0.2) is 10.6 Å². The summed E-state index contributed by atoms with van der Waals surface area (Å²) in [6, 6.07) is 0. The molecule has 0 spiro atoms. The summed E-state index contributed by atoms with van der Waals surface area (Å²) in [4.78, 5) is 13.1. The van der Waals surface area contributed by atoms with Gasteiger partial charge in [0.1, 0.15) is 0 Å². The standard InChI is InChI=1S/C9H14ClNO/c1-11(2)9(12)7-5-3-4-6-8(7)10/h3-6H2,1-2H3. The molecule has 0 aliphatic heterocycles. The highest BCUT2D eigenvalue weighted by atomic mass is 35.5. The number of allylic oxidation sites excluding steroid dienone is 1. The molecule has 3 heteroatoms. The van der Waals surface area contributed by atoms with Crippen molar-refractivity contribution in [2.45, 2.75) is 25.7 Å². The van der Waals surface area contributed by atoms with Gasteiger partial charge in [-0.15, -0.1) is 0 Å². The molecule has 0 saturated heterocycles. The number of hydrogen-bond donors (Lipinski definition) is 0. The first kappa shape index (κ1) is 9.59. The molecule has 0 saturated carbocycles. The molecule has 0 aromatic heterocycles. The van der Waals surface area contributed by atoms with Crippen LogP contribution in [0.5, 0.6) is 0 Å². The third kappa shape index (κ3) is 2.01. The Hall–Kier alpha value is -0.500. The molecule has 0 bridgehead atoms. The molecule has 0 fully saturated rings. The molecule has 0 radical (unpaired) electrons. The first-order chi connectivity index (χ1) is 5.63. The van der Waals surface area contributed by atoms with Gasteiger partial charge in [0.25, 0.3) is 0 Å². The van der Waals surface area contributed by atoms with Gasteiger partial charge in [0.2, 0.25) is 5.91 Å². The van der Waals surface area contributed by atoms with Gasteiger partial charge < -0.3 is 4.90 Å². The van der Waals surface area contributed by atoms with Crippen molar-refractivity contribution >= 4 is 17.5 Å². The highest BCUT2D eigenvalue weighted by molar-refractivity contribution is 6.31. The van der Waals surface area contributed by atoms with Crippen LogP contribution in [0.4, 0.5) is 0 Å². The minimum Gasteiger partial charge on any atom is -0.345 e. The minimum atomic E-state index is 0.0692. The summed E-state index contributed by atoms with van der Waals surface area (Å²) in [7, 11) is 3.52. The molecule has 0 N–H and O–H groups in total. The number of amides is 1. The third-order valence-electron chi connectivity index (χ3n) is 2.06. The number of hydrogen-bond acceptors (Lipinski definition) is 1. The SMILES string of the molecule is CN(C)C(=O)C1=C(Cl)CCCC1. The Labute approximate surface area is 78.2 Å². The van der Waals surface area contributed by atoms with E-state index in [0.29, 0.717) is 0 Å². The minimum absolute atomic E-state index is 0.0692. The second kappa shape index (κ2) is 3.94. The Morgan fingerprint density at radius 2 is 1.92 bits per heavy atom. The van der Waals surface area contributed by atoms with E-state index < -0.39 is 0 Å². The van der Waals surface area contributed by atoms with Gasteiger partial charge in [-0.1, -0.05) is 11.6 Å². The summed E-state index contributed by atoms with van der Waals surface area (Å²) in [6.45, 7) is 0. The van der Waals surface area contributed by atoms with Crippen LogP contribution in [0.25, 0.3) is 0 Å². The highest BCUT2D eigenvalue weighted by Crippen LogP contribution is 2.28. The number of carbonyl (C=O) groups excluding carboxylic acids is 1. The molecule has 2 nitrogen and oxygen atoms in total. The van der Waals surface area contributed by atoms with Crippen molar-refractivity contribution in [1.82, 2.24) is 4.90 Å². The summed E-state index contributed by atoms with van der Waals surface area (Å²) >= 11 is 5.95. The molecule has 0 atom stereocenters. The molecule has 68 valence electrons. The predicted octanol–water partition coefficient (Wildman–Crippen LogP) is 2.14. The van der Waals surface area contributed by atoms with Crippen LogP contribution in [-0.4, -0.2) is 24.9 Å². The molecule has 1 amide bonds. The summed E-state index contributed by atoms with van der Waals surface area (Å²) in [5, 5.41) is 0.764. The van der Waals surface area contributed by atoms with Crippen molar-refractivity contribution < 1.29 is 4.79 Å². The van der Waals surface area contributed by atoms with Crippen molar-refractivity contribution in [3.63, 3.8) is 0 Å². The van der Waals surface area contributed by atoms with E-state index in [1.54, 1.807) is 19.0 Å². The topological polar surface area (TPSA) is 20.3 Å². The van der Waals surface area contributed by atoms with Crippen molar-refractivity contribution in [2.75, 3.05) is 14.1 Å². The van der Waals surface area contributed by atoms with Crippen molar-refractivity contribution in [3.8, 4) is 0 Å². The fourth-order valence-electron chi connectivity index (χ4n) is 1.36. The average molecular weight is 188 g/mol. The molecule has 12 heavy (non-hydrogen) atoms. The zero-order chi connectivity index (χ0) is 9.14. The molecule has 0 heterocycles. The maximum absolute atomic E-state index is 11.5. The van der Waals surface area contributed by atoms with Gasteiger partial charge in [0.05, 0.1) is 0 Å². The van der Waals surface area contributed by atoms with E-state index in [0.717, 1.165) is 36.3 Å². The van der Waals surface area contributed by atoms with E-state index in [4.69, 9.17) is 11.6 Å². The third-order valence-corrected chi connectivity index (χ3v) is 2.48. The van der Waals surface area contributed by atoms with E-state index in [1.807, 2.05) is 0 Å². The molecule has 0 aromatic rings. The van der Waals surface area contributed by atoms with Gasteiger partial charge in [0.15, 0.2) is 0 Å². The lowest BCUT2D eigenvalue weighted by Gasteiger charge is -2.18. The van der Waals surface area contributed by atoms with Gasteiger partial charge in [-0.2, -0.15) is 0 Å². The van der Waals surface area contributed by atoms with Crippen LogP contribution >= 0.6 is 11.6 Å². The van der Waals surface area contributed by atoms with E-state index in [2.05, 4.69) is 0 Å². The Morgan fingerprint density at radius 1 is 1.33 bits per heavy atom. The Kier molecular flexibility index (Phi) is 3.15. The smallest absolute Gasteiger partial charge is 0.250 e. The fourth-order valence-corrected chi connectivity index (χ4v) is 1.67. The van der Waals surface area contributed by atoms with E-state index in [-0.39, 0.29) is 5.91 Å². The van der Waals surface area contributed by atoms with Crippen molar-refractivity contribution in [2.24, 2.45) is 0 Å². The van der Waals surface area contributed by atoms with Gasteiger partial charge in [-0.25, -0.2) is 0 Å². The van der Waals surface area contributed by atoms with Gasteiger partial charge in [0, 0.05) is 24.7 Å². The van der Waals surface area contributed by atoms with Crippen LogP contribution in [0.1, 0.15) is 25.7 Å². The van der Waals surface area contributed by atoms with E-state index in [9.17, 15) is 4.79 Å². The van der Waals surface area contributed by atoms with Gasteiger partial charge >= 0.3 is 0 Å². The first-order valence-electron chi connectivity index (χ1n) is 4.22. The maximum atomic E-state index is 11.5. The van der Waals surface area contributed by atoms with Crippen LogP contribution in [0.3, 0.4) is 0 Å². The molecular weight excluding hydrogens is 174 g/mol. The van der Waals surface area contributed by atoms with Gasteiger partial charge in [-0.05, 0) is 25.7 Å². The monoisotopic (exact) mass is 187 g/mol. The molecule has 1 rings (SSSR count). The van der Waals surface area contributed by atoms with E-state index >= 15 is 0 Å². The number of halogens is 1.